The Balaban J connectivity index is 2.38. The molecule has 0 radical (unpaired) electrons. The summed E-state index contributed by atoms with van der Waals surface area (Å²) < 4.78 is 19.7. The van der Waals surface area contributed by atoms with Crippen molar-refractivity contribution in [2.24, 2.45) is 0 Å². The first-order chi connectivity index (χ1) is 8.70. The maximum Gasteiger partial charge on any atom is 0.312 e. The largest absolute Gasteiger partial charge is 0.351 e. The van der Waals surface area contributed by atoms with Gasteiger partial charge in [0.2, 0.25) is 5.58 Å². The van der Waals surface area contributed by atoms with Crippen LogP contribution in [0.25, 0.3) is 16.8 Å². The van der Waals surface area contributed by atoms with Gasteiger partial charge in [-0.05, 0) is 12.1 Å². The van der Waals surface area contributed by atoms with E-state index in [4.69, 9.17) is 4.52 Å². The zero-order valence-corrected chi connectivity index (χ0v) is 9.61. The van der Waals surface area contributed by atoms with Gasteiger partial charge in [-0.2, -0.15) is 0 Å². The quantitative estimate of drug-likeness (QED) is 0.664. The molecule has 3 aromatic rings. The van der Waals surface area contributed by atoms with Crippen molar-refractivity contribution in [1.29, 1.82) is 0 Å². The summed E-state index contributed by atoms with van der Waals surface area (Å²) in [6.07, 6.45) is 2.03. The smallest absolute Gasteiger partial charge is 0.312 e. The molecule has 0 saturated heterocycles. The van der Waals surface area contributed by atoms with Crippen LogP contribution in [0.3, 0.4) is 0 Å². The predicted octanol–water partition coefficient (Wildman–Crippen LogP) is 1.99. The molecule has 18 heavy (non-hydrogen) atoms. The number of hydrogen-bond donors (Lipinski definition) is 0. The Bertz CT molecular complexity index is 802. The van der Waals surface area contributed by atoms with Crippen molar-refractivity contribution < 1.29 is 13.7 Å². The van der Waals surface area contributed by atoms with Gasteiger partial charge in [-0.25, -0.2) is 4.39 Å². The van der Waals surface area contributed by atoms with Gasteiger partial charge in [0.05, 0.1) is 5.39 Å². The summed E-state index contributed by atoms with van der Waals surface area (Å²) in [6.45, 7) is 0. The number of fused-ring (bicyclic) bond motifs is 1. The molecule has 0 aliphatic rings. The molecule has 0 N–H and O–H groups in total. The fraction of sp³-hybridized carbons (Fsp3) is 0. The van der Waals surface area contributed by atoms with Crippen molar-refractivity contribution in [3.63, 3.8) is 0 Å². The summed E-state index contributed by atoms with van der Waals surface area (Å²) in [5.74, 6) is -0.504. The second-order valence-electron chi connectivity index (χ2n) is 3.54. The average molecular weight is 264 g/mol. The van der Waals surface area contributed by atoms with Gasteiger partial charge in [-0.15, -0.1) is 0 Å². The molecular weight excluding hydrogens is 259 g/mol. The highest BCUT2D eigenvalue weighted by molar-refractivity contribution is 7.07. The number of nitrogens with zero attached hydrogens (tertiary/aromatic N) is 2. The first-order valence-electron chi connectivity index (χ1n) is 4.91. The van der Waals surface area contributed by atoms with Crippen molar-refractivity contribution in [2.45, 2.75) is 0 Å². The summed E-state index contributed by atoms with van der Waals surface area (Å²) in [4.78, 5) is 22.0. The van der Waals surface area contributed by atoms with E-state index in [0.29, 0.717) is 6.29 Å². The number of hydrogen-bond acceptors (Lipinski definition) is 5. The molecule has 3 rings (SSSR count). The molecule has 0 amide bonds. The Labute approximate surface area is 103 Å². The molecule has 0 aliphatic carbocycles. The zero-order valence-electron chi connectivity index (χ0n) is 8.79. The second kappa shape index (κ2) is 3.88. The van der Waals surface area contributed by atoms with Crippen molar-refractivity contribution >= 4 is 28.6 Å². The van der Waals surface area contributed by atoms with Crippen LogP contribution in [0.2, 0.25) is 0 Å². The lowest BCUT2D eigenvalue weighted by Gasteiger charge is -1.96. The van der Waals surface area contributed by atoms with Crippen LogP contribution in [0.15, 0.2) is 33.0 Å². The molecule has 0 fully saturated rings. The van der Waals surface area contributed by atoms with Crippen molar-refractivity contribution in [1.82, 2.24) is 9.72 Å². The van der Waals surface area contributed by atoms with Gasteiger partial charge in [0.15, 0.2) is 11.6 Å². The monoisotopic (exact) mass is 264 g/mol. The maximum atomic E-state index is 13.6. The van der Waals surface area contributed by atoms with Crippen LogP contribution in [0.4, 0.5) is 4.39 Å². The van der Waals surface area contributed by atoms with Gasteiger partial charge in [0.1, 0.15) is 6.29 Å². The fourth-order valence-corrected chi connectivity index (χ4v) is 2.24. The van der Waals surface area contributed by atoms with Crippen LogP contribution in [0.1, 0.15) is 10.4 Å². The first kappa shape index (κ1) is 10.8. The minimum absolute atomic E-state index is 0.0753. The van der Waals surface area contributed by atoms with E-state index in [-0.39, 0.29) is 27.2 Å². The van der Waals surface area contributed by atoms with E-state index >= 15 is 0 Å². The molecular formula is C11H5FN2O3S. The van der Waals surface area contributed by atoms with Gasteiger partial charge >= 0.3 is 4.87 Å². The molecule has 0 bridgehead atoms. The van der Waals surface area contributed by atoms with E-state index < -0.39 is 5.82 Å². The van der Waals surface area contributed by atoms with Crippen LogP contribution in [0, 0.1) is 5.82 Å². The number of aldehydes is 1. The van der Waals surface area contributed by atoms with Crippen molar-refractivity contribution in [2.75, 3.05) is 0 Å². The van der Waals surface area contributed by atoms with Crippen LogP contribution in [-0.2, 0) is 0 Å². The van der Waals surface area contributed by atoms with Gasteiger partial charge < -0.3 is 4.52 Å². The van der Waals surface area contributed by atoms with Gasteiger partial charge in [0, 0.05) is 17.1 Å². The Hall–Kier alpha value is -2.28. The first-order valence-corrected chi connectivity index (χ1v) is 5.79. The Morgan fingerprint density at radius 1 is 1.44 bits per heavy atom. The summed E-state index contributed by atoms with van der Waals surface area (Å²) in [7, 11) is 0. The number of thiazole rings is 1. The number of carbonyl (C=O) groups excluding carboxylic acids is 1. The second-order valence-corrected chi connectivity index (χ2v) is 4.40. The summed E-state index contributed by atoms with van der Waals surface area (Å²) >= 11 is 0.988. The zero-order chi connectivity index (χ0) is 12.7. The van der Waals surface area contributed by atoms with E-state index in [9.17, 15) is 14.0 Å². The number of rotatable bonds is 2. The third-order valence-electron chi connectivity index (χ3n) is 2.47. The average Bonchev–Trinajstić information content (AvgIpc) is 2.95. The molecule has 2 heterocycles. The highest BCUT2D eigenvalue weighted by Crippen LogP contribution is 2.24. The summed E-state index contributed by atoms with van der Waals surface area (Å²) in [5, 5.41) is 5.55. The van der Waals surface area contributed by atoms with Crippen LogP contribution >= 0.6 is 11.3 Å². The predicted molar refractivity (Wildman–Crippen MR) is 62.8 cm³/mol. The molecule has 90 valence electrons. The molecule has 0 unspecified atom stereocenters. The Morgan fingerprint density at radius 2 is 2.28 bits per heavy atom. The minimum Gasteiger partial charge on any atom is -0.351 e. The normalized spacial score (nSPS) is 10.9. The summed E-state index contributed by atoms with van der Waals surface area (Å²) in [5.41, 5.74) is 0.0847. The molecule has 0 atom stereocenters. The van der Waals surface area contributed by atoms with E-state index in [1.165, 1.54) is 16.8 Å². The lowest BCUT2D eigenvalue weighted by Crippen LogP contribution is -2.09. The fourth-order valence-electron chi connectivity index (χ4n) is 1.68. The minimum atomic E-state index is -0.684. The van der Waals surface area contributed by atoms with Gasteiger partial charge in [-0.1, -0.05) is 16.5 Å². The maximum absolute atomic E-state index is 13.6. The highest BCUT2D eigenvalue weighted by Gasteiger charge is 2.16. The highest BCUT2D eigenvalue weighted by atomic mass is 32.1. The van der Waals surface area contributed by atoms with Gasteiger partial charge in [0.25, 0.3) is 0 Å². The van der Waals surface area contributed by atoms with Crippen LogP contribution in [0.5, 0.6) is 0 Å². The van der Waals surface area contributed by atoms with E-state index in [2.05, 4.69) is 5.16 Å². The SMILES string of the molecule is O=Cc1cc(F)c2onc(-n3ccsc3=O)c2c1. The molecule has 5 nitrogen and oxygen atoms in total. The lowest BCUT2D eigenvalue weighted by molar-refractivity contribution is 0.112. The van der Waals surface area contributed by atoms with Crippen LogP contribution < -0.4 is 4.87 Å². The molecule has 7 heteroatoms. The summed E-state index contributed by atoms with van der Waals surface area (Å²) in [6, 6.07) is 2.49. The van der Waals surface area contributed by atoms with Crippen LogP contribution in [-0.4, -0.2) is 16.0 Å². The van der Waals surface area contributed by atoms with E-state index in [1.54, 1.807) is 5.38 Å². The number of halogens is 1. The third kappa shape index (κ3) is 1.48. The van der Waals surface area contributed by atoms with E-state index in [0.717, 1.165) is 17.4 Å². The van der Waals surface area contributed by atoms with Crippen molar-refractivity contribution in [3.05, 3.63) is 44.8 Å². The molecule has 0 aliphatic heterocycles. The molecule has 1 aromatic carbocycles. The third-order valence-corrected chi connectivity index (χ3v) is 3.13. The molecule has 0 spiro atoms. The number of carbonyl (C=O) groups is 1. The molecule has 0 saturated carbocycles. The topological polar surface area (TPSA) is 65.1 Å². The standard InChI is InChI=1S/C11H5FN2O3S/c12-8-4-6(5-15)3-7-9(8)17-13-10(7)14-1-2-18-11(14)16/h1-5H. The number of aromatic nitrogens is 2. The van der Waals surface area contributed by atoms with Gasteiger partial charge in [-0.3, -0.25) is 14.2 Å². The molecule has 2 aromatic heterocycles. The van der Waals surface area contributed by atoms with Crippen molar-refractivity contribution in [3.8, 4) is 5.82 Å². The van der Waals surface area contributed by atoms with E-state index in [1.807, 2.05) is 0 Å². The lowest BCUT2D eigenvalue weighted by atomic mass is 10.1. The Kier molecular flexibility index (Phi) is 2.34. The Morgan fingerprint density at radius 3 is 2.94 bits per heavy atom. The number of benzene rings is 1.